The molecule has 0 spiro atoms. The zero-order valence-corrected chi connectivity index (χ0v) is 11.1. The summed E-state index contributed by atoms with van der Waals surface area (Å²) in [6.45, 7) is 8.96. The lowest BCUT2D eigenvalue weighted by atomic mass is 10.0. The Kier molecular flexibility index (Phi) is 2.69. The highest BCUT2D eigenvalue weighted by Crippen LogP contribution is 2.69. The summed E-state index contributed by atoms with van der Waals surface area (Å²) < 4.78 is 0. The SMILES string of the molecule is CC1(C)C(C(=O)C2CCCCS2)C1(C)C. The van der Waals surface area contributed by atoms with Crippen LogP contribution in [0.5, 0.6) is 0 Å². The molecule has 2 heteroatoms. The molecule has 0 aromatic rings. The number of Topliss-reactive ketones (excluding diaryl/α,β-unsaturated/α-hetero) is 1. The Labute approximate surface area is 97.4 Å². The fraction of sp³-hybridized carbons (Fsp3) is 0.923. The molecule has 2 aliphatic rings. The third kappa shape index (κ3) is 1.65. The van der Waals surface area contributed by atoms with Crippen LogP contribution in [0, 0.1) is 16.7 Å². The van der Waals surface area contributed by atoms with E-state index in [0.29, 0.717) is 17.0 Å². The van der Waals surface area contributed by atoms with Gasteiger partial charge in [0.25, 0.3) is 0 Å². The molecular weight excluding hydrogens is 204 g/mol. The van der Waals surface area contributed by atoms with Crippen molar-refractivity contribution >= 4 is 17.5 Å². The molecule has 1 heterocycles. The van der Waals surface area contributed by atoms with Gasteiger partial charge in [0.15, 0.2) is 0 Å². The minimum Gasteiger partial charge on any atom is -0.298 e. The van der Waals surface area contributed by atoms with Gasteiger partial charge in [0.05, 0.1) is 5.25 Å². The van der Waals surface area contributed by atoms with Crippen LogP contribution in [-0.4, -0.2) is 16.8 Å². The van der Waals surface area contributed by atoms with E-state index >= 15 is 0 Å². The van der Waals surface area contributed by atoms with Crippen LogP contribution in [0.25, 0.3) is 0 Å². The van der Waals surface area contributed by atoms with Gasteiger partial charge in [-0.25, -0.2) is 0 Å². The van der Waals surface area contributed by atoms with Gasteiger partial charge < -0.3 is 0 Å². The highest BCUT2D eigenvalue weighted by atomic mass is 32.2. The number of carbonyl (C=O) groups excluding carboxylic acids is 1. The zero-order valence-electron chi connectivity index (χ0n) is 10.3. The summed E-state index contributed by atoms with van der Waals surface area (Å²) in [7, 11) is 0. The van der Waals surface area contributed by atoms with Crippen molar-refractivity contribution in [2.24, 2.45) is 16.7 Å². The molecule has 2 rings (SSSR count). The van der Waals surface area contributed by atoms with E-state index < -0.39 is 0 Å². The standard InChI is InChI=1S/C13H22OS/c1-12(2)11(13(12,3)4)10(14)9-7-5-6-8-15-9/h9,11H,5-8H2,1-4H3. The van der Waals surface area contributed by atoms with Gasteiger partial charge in [0, 0.05) is 5.92 Å². The summed E-state index contributed by atoms with van der Waals surface area (Å²) in [6, 6.07) is 0. The summed E-state index contributed by atoms with van der Waals surface area (Å²) in [5.41, 5.74) is 0.449. The molecule has 0 bridgehead atoms. The van der Waals surface area contributed by atoms with E-state index in [0.717, 1.165) is 6.42 Å². The Morgan fingerprint density at radius 1 is 1.13 bits per heavy atom. The fourth-order valence-electron chi connectivity index (χ4n) is 3.06. The molecule has 0 aromatic heterocycles. The van der Waals surface area contributed by atoms with Crippen LogP contribution < -0.4 is 0 Å². The molecule has 15 heavy (non-hydrogen) atoms. The molecule has 2 fully saturated rings. The van der Waals surface area contributed by atoms with Gasteiger partial charge in [0.2, 0.25) is 0 Å². The maximum absolute atomic E-state index is 12.4. The minimum atomic E-state index is 0.224. The van der Waals surface area contributed by atoms with Crippen molar-refractivity contribution in [3.63, 3.8) is 0 Å². The maximum atomic E-state index is 12.4. The molecule has 1 aliphatic carbocycles. The Balaban J connectivity index is 2.04. The van der Waals surface area contributed by atoms with Crippen LogP contribution in [0.15, 0.2) is 0 Å². The first-order valence-electron chi connectivity index (χ1n) is 6.04. The molecule has 0 aromatic carbocycles. The number of ketones is 1. The number of rotatable bonds is 2. The van der Waals surface area contributed by atoms with Gasteiger partial charge in [-0.3, -0.25) is 4.79 Å². The topological polar surface area (TPSA) is 17.1 Å². The van der Waals surface area contributed by atoms with Gasteiger partial charge in [-0.15, -0.1) is 0 Å². The average Bonchev–Trinajstić information content (AvgIpc) is 2.58. The molecule has 1 nitrogen and oxygen atoms in total. The van der Waals surface area contributed by atoms with Crippen LogP contribution in [-0.2, 0) is 4.79 Å². The Bertz CT molecular complexity index is 260. The van der Waals surface area contributed by atoms with Crippen LogP contribution >= 0.6 is 11.8 Å². The highest BCUT2D eigenvalue weighted by Gasteiger charge is 2.68. The van der Waals surface area contributed by atoms with Crippen LogP contribution in [0.3, 0.4) is 0 Å². The van der Waals surface area contributed by atoms with Gasteiger partial charge in [-0.05, 0) is 29.4 Å². The lowest BCUT2D eigenvalue weighted by Crippen LogP contribution is -2.24. The van der Waals surface area contributed by atoms with Gasteiger partial charge in [0.1, 0.15) is 5.78 Å². The van der Waals surface area contributed by atoms with E-state index in [2.05, 4.69) is 27.7 Å². The summed E-state index contributed by atoms with van der Waals surface area (Å²) in [5, 5.41) is 0.310. The van der Waals surface area contributed by atoms with Crippen molar-refractivity contribution < 1.29 is 4.79 Å². The zero-order chi connectivity index (χ0) is 11.3. The quantitative estimate of drug-likeness (QED) is 0.716. The predicted octanol–water partition coefficient (Wildman–Crippen LogP) is 3.52. The van der Waals surface area contributed by atoms with Crippen molar-refractivity contribution in [2.45, 2.75) is 52.2 Å². The van der Waals surface area contributed by atoms with Gasteiger partial charge >= 0.3 is 0 Å². The van der Waals surface area contributed by atoms with Gasteiger partial charge in [-0.2, -0.15) is 11.8 Å². The van der Waals surface area contributed by atoms with E-state index in [1.165, 1.54) is 18.6 Å². The second-order valence-corrected chi connectivity index (χ2v) is 7.44. The molecule has 1 atom stereocenters. The monoisotopic (exact) mass is 226 g/mol. The summed E-state index contributed by atoms with van der Waals surface area (Å²) in [6.07, 6.45) is 3.66. The first-order chi connectivity index (χ1) is 6.89. The third-order valence-electron chi connectivity index (χ3n) is 4.80. The summed E-state index contributed by atoms with van der Waals surface area (Å²) in [5.74, 6) is 2.03. The number of hydrogen-bond donors (Lipinski definition) is 0. The number of carbonyl (C=O) groups is 1. The molecule has 0 amide bonds. The Morgan fingerprint density at radius 2 is 1.73 bits per heavy atom. The summed E-state index contributed by atoms with van der Waals surface area (Å²) >= 11 is 1.89. The summed E-state index contributed by atoms with van der Waals surface area (Å²) in [4.78, 5) is 12.4. The first kappa shape index (κ1) is 11.5. The number of thioether (sulfide) groups is 1. The predicted molar refractivity (Wildman–Crippen MR) is 66.2 cm³/mol. The van der Waals surface area contributed by atoms with E-state index in [4.69, 9.17) is 0 Å². The largest absolute Gasteiger partial charge is 0.298 e. The van der Waals surface area contributed by atoms with Crippen molar-refractivity contribution in [3.8, 4) is 0 Å². The Morgan fingerprint density at radius 3 is 2.13 bits per heavy atom. The lowest BCUT2D eigenvalue weighted by Gasteiger charge is -2.20. The second-order valence-electron chi connectivity index (χ2n) is 6.13. The molecular formula is C13H22OS. The van der Waals surface area contributed by atoms with Crippen molar-refractivity contribution in [1.29, 1.82) is 0 Å². The molecule has 1 aliphatic heterocycles. The lowest BCUT2D eigenvalue weighted by molar-refractivity contribution is -0.121. The molecule has 1 unspecified atom stereocenters. The normalized spacial score (nSPS) is 33.7. The Hall–Kier alpha value is 0.0200. The number of hydrogen-bond acceptors (Lipinski definition) is 2. The van der Waals surface area contributed by atoms with Crippen molar-refractivity contribution in [2.75, 3.05) is 5.75 Å². The van der Waals surface area contributed by atoms with E-state index in [1.807, 2.05) is 11.8 Å². The molecule has 1 saturated heterocycles. The third-order valence-corrected chi connectivity index (χ3v) is 6.20. The molecule has 0 N–H and O–H groups in total. The molecule has 1 saturated carbocycles. The van der Waals surface area contributed by atoms with Gasteiger partial charge in [-0.1, -0.05) is 34.1 Å². The first-order valence-corrected chi connectivity index (χ1v) is 7.09. The van der Waals surface area contributed by atoms with Crippen LogP contribution in [0.2, 0.25) is 0 Å². The van der Waals surface area contributed by atoms with Crippen molar-refractivity contribution in [1.82, 2.24) is 0 Å². The fourth-order valence-corrected chi connectivity index (χ4v) is 4.35. The molecule has 0 radical (unpaired) electrons. The van der Waals surface area contributed by atoms with E-state index in [9.17, 15) is 4.79 Å². The minimum absolute atomic E-state index is 0.224. The van der Waals surface area contributed by atoms with Crippen LogP contribution in [0.4, 0.5) is 0 Å². The maximum Gasteiger partial charge on any atom is 0.149 e. The smallest absolute Gasteiger partial charge is 0.149 e. The molecule has 86 valence electrons. The second kappa shape index (κ2) is 3.51. The van der Waals surface area contributed by atoms with Crippen molar-refractivity contribution in [3.05, 3.63) is 0 Å². The van der Waals surface area contributed by atoms with Crippen LogP contribution in [0.1, 0.15) is 47.0 Å². The highest BCUT2D eigenvalue weighted by molar-refractivity contribution is 8.00. The van der Waals surface area contributed by atoms with E-state index in [-0.39, 0.29) is 10.8 Å². The average molecular weight is 226 g/mol. The van der Waals surface area contributed by atoms with E-state index in [1.54, 1.807) is 0 Å².